The number of unbranched alkanes of at least 4 members (excludes halogenated alkanes) is 1. The maximum absolute atomic E-state index is 12.1. The van der Waals surface area contributed by atoms with E-state index in [0.29, 0.717) is 17.9 Å². The molecule has 24 heavy (non-hydrogen) atoms. The SMILES string of the molecule is CCCCOC(=O)c1ccc(NC(=O)c2ccn(C)c(=O)c2)cc1. The number of aryl methyl sites for hydroxylation is 1. The molecule has 0 aliphatic heterocycles. The third kappa shape index (κ3) is 4.55. The molecule has 0 saturated heterocycles. The van der Waals surface area contributed by atoms with Gasteiger partial charge in [0.1, 0.15) is 0 Å². The predicted octanol–water partition coefficient (Wildman–Crippen LogP) is 2.59. The summed E-state index contributed by atoms with van der Waals surface area (Å²) in [5.74, 6) is -0.765. The molecule has 6 heteroatoms. The molecule has 1 amide bonds. The highest BCUT2D eigenvalue weighted by atomic mass is 16.5. The summed E-state index contributed by atoms with van der Waals surface area (Å²) in [5, 5.41) is 2.68. The molecule has 0 unspecified atom stereocenters. The largest absolute Gasteiger partial charge is 0.462 e. The molecule has 0 saturated carbocycles. The van der Waals surface area contributed by atoms with E-state index >= 15 is 0 Å². The molecule has 0 spiro atoms. The number of pyridine rings is 1. The first kappa shape index (κ1) is 17.5. The number of nitrogens with one attached hydrogen (secondary N) is 1. The van der Waals surface area contributed by atoms with Crippen LogP contribution in [0.3, 0.4) is 0 Å². The lowest BCUT2D eigenvalue weighted by Gasteiger charge is -2.07. The molecule has 0 fully saturated rings. The van der Waals surface area contributed by atoms with Crippen molar-refractivity contribution in [3.8, 4) is 0 Å². The Morgan fingerprint density at radius 2 is 1.83 bits per heavy atom. The quantitative estimate of drug-likeness (QED) is 0.653. The number of carbonyl (C=O) groups is 2. The molecule has 2 rings (SSSR count). The van der Waals surface area contributed by atoms with Crippen molar-refractivity contribution in [3.63, 3.8) is 0 Å². The summed E-state index contributed by atoms with van der Waals surface area (Å²) < 4.78 is 6.50. The van der Waals surface area contributed by atoms with Crippen molar-refractivity contribution in [1.29, 1.82) is 0 Å². The van der Waals surface area contributed by atoms with E-state index in [0.717, 1.165) is 12.8 Å². The molecular formula is C18H20N2O4. The fourth-order valence-electron chi connectivity index (χ4n) is 1.98. The summed E-state index contributed by atoms with van der Waals surface area (Å²) in [6.07, 6.45) is 3.32. The van der Waals surface area contributed by atoms with Crippen molar-refractivity contribution in [1.82, 2.24) is 4.57 Å². The van der Waals surface area contributed by atoms with Gasteiger partial charge in [-0.25, -0.2) is 4.79 Å². The average Bonchev–Trinajstić information content (AvgIpc) is 2.58. The molecule has 0 radical (unpaired) electrons. The summed E-state index contributed by atoms with van der Waals surface area (Å²) >= 11 is 0. The van der Waals surface area contributed by atoms with Gasteiger partial charge in [-0.15, -0.1) is 0 Å². The molecule has 2 aromatic rings. The van der Waals surface area contributed by atoms with Gasteiger partial charge in [0.15, 0.2) is 0 Å². The lowest BCUT2D eigenvalue weighted by molar-refractivity contribution is 0.0499. The number of amides is 1. The fourth-order valence-corrected chi connectivity index (χ4v) is 1.98. The minimum absolute atomic E-state index is 0.257. The minimum Gasteiger partial charge on any atom is -0.462 e. The number of aromatic nitrogens is 1. The van der Waals surface area contributed by atoms with E-state index in [1.807, 2.05) is 6.92 Å². The molecule has 0 aliphatic carbocycles. The van der Waals surface area contributed by atoms with E-state index in [9.17, 15) is 14.4 Å². The van der Waals surface area contributed by atoms with Gasteiger partial charge in [0, 0.05) is 30.6 Å². The monoisotopic (exact) mass is 328 g/mol. The highest BCUT2D eigenvalue weighted by Gasteiger charge is 2.09. The Labute approximate surface area is 140 Å². The van der Waals surface area contributed by atoms with Gasteiger partial charge in [-0.05, 0) is 36.8 Å². The number of rotatable bonds is 6. The van der Waals surface area contributed by atoms with Crippen molar-refractivity contribution >= 4 is 17.6 Å². The topological polar surface area (TPSA) is 77.4 Å². The second-order valence-corrected chi connectivity index (χ2v) is 5.39. The maximum atomic E-state index is 12.1. The molecular weight excluding hydrogens is 308 g/mol. The Balaban J connectivity index is 2.00. The second kappa shape index (κ2) is 8.10. The van der Waals surface area contributed by atoms with Crippen molar-refractivity contribution < 1.29 is 14.3 Å². The summed E-state index contributed by atoms with van der Waals surface area (Å²) in [6, 6.07) is 9.26. The molecule has 1 N–H and O–H groups in total. The first-order valence-electron chi connectivity index (χ1n) is 7.76. The van der Waals surface area contributed by atoms with Crippen LogP contribution in [0.4, 0.5) is 5.69 Å². The van der Waals surface area contributed by atoms with E-state index in [1.54, 1.807) is 37.4 Å². The Kier molecular flexibility index (Phi) is 5.89. The standard InChI is InChI=1S/C18H20N2O4/c1-3-4-11-24-18(23)13-5-7-15(8-6-13)19-17(22)14-9-10-20(2)16(21)12-14/h5-10,12H,3-4,11H2,1-2H3,(H,19,22). The number of anilines is 1. The van der Waals surface area contributed by atoms with Crippen LogP contribution in [0.1, 0.15) is 40.5 Å². The molecule has 6 nitrogen and oxygen atoms in total. The van der Waals surface area contributed by atoms with Crippen LogP contribution in [-0.2, 0) is 11.8 Å². The van der Waals surface area contributed by atoms with Crippen LogP contribution in [-0.4, -0.2) is 23.1 Å². The van der Waals surface area contributed by atoms with Crippen LogP contribution >= 0.6 is 0 Å². The number of nitrogens with zero attached hydrogens (tertiary/aromatic N) is 1. The lowest BCUT2D eigenvalue weighted by Crippen LogP contribution is -2.20. The van der Waals surface area contributed by atoms with E-state index in [1.165, 1.54) is 16.8 Å². The third-order valence-corrected chi connectivity index (χ3v) is 3.48. The molecule has 1 aromatic carbocycles. The Morgan fingerprint density at radius 3 is 2.46 bits per heavy atom. The van der Waals surface area contributed by atoms with Crippen LogP contribution < -0.4 is 10.9 Å². The highest BCUT2D eigenvalue weighted by molar-refractivity contribution is 6.04. The minimum atomic E-state index is -0.383. The van der Waals surface area contributed by atoms with Gasteiger partial charge in [0.25, 0.3) is 11.5 Å². The van der Waals surface area contributed by atoms with Gasteiger partial charge in [0.05, 0.1) is 12.2 Å². The number of carbonyl (C=O) groups excluding carboxylic acids is 2. The molecule has 0 atom stereocenters. The summed E-state index contributed by atoms with van der Waals surface area (Å²) in [6.45, 7) is 2.42. The number of esters is 1. The summed E-state index contributed by atoms with van der Waals surface area (Å²) in [4.78, 5) is 35.5. The van der Waals surface area contributed by atoms with E-state index in [2.05, 4.69) is 5.32 Å². The summed E-state index contributed by atoms with van der Waals surface area (Å²) in [7, 11) is 1.61. The molecule has 0 bridgehead atoms. The van der Waals surface area contributed by atoms with E-state index in [-0.39, 0.29) is 23.0 Å². The van der Waals surface area contributed by atoms with Crippen molar-refractivity contribution in [3.05, 3.63) is 64.1 Å². The number of hydrogen-bond acceptors (Lipinski definition) is 4. The average molecular weight is 328 g/mol. The van der Waals surface area contributed by atoms with Gasteiger partial charge in [-0.2, -0.15) is 0 Å². The highest BCUT2D eigenvalue weighted by Crippen LogP contribution is 2.12. The van der Waals surface area contributed by atoms with Crippen molar-refractivity contribution in [2.45, 2.75) is 19.8 Å². The number of ether oxygens (including phenoxy) is 1. The van der Waals surface area contributed by atoms with Crippen molar-refractivity contribution in [2.75, 3.05) is 11.9 Å². The molecule has 0 aliphatic rings. The van der Waals surface area contributed by atoms with Crippen LogP contribution in [0, 0.1) is 0 Å². The smallest absolute Gasteiger partial charge is 0.338 e. The summed E-state index contributed by atoms with van der Waals surface area (Å²) in [5.41, 5.74) is 0.984. The van der Waals surface area contributed by atoms with Gasteiger partial charge < -0.3 is 14.6 Å². The van der Waals surface area contributed by atoms with Crippen LogP contribution in [0.15, 0.2) is 47.4 Å². The van der Waals surface area contributed by atoms with Crippen LogP contribution in [0.5, 0.6) is 0 Å². The molecule has 126 valence electrons. The zero-order valence-corrected chi connectivity index (χ0v) is 13.7. The maximum Gasteiger partial charge on any atom is 0.338 e. The number of benzene rings is 1. The Morgan fingerprint density at radius 1 is 1.12 bits per heavy atom. The molecule has 1 heterocycles. The van der Waals surface area contributed by atoms with Gasteiger partial charge >= 0.3 is 5.97 Å². The van der Waals surface area contributed by atoms with Crippen LogP contribution in [0.2, 0.25) is 0 Å². The predicted molar refractivity (Wildman–Crippen MR) is 91.3 cm³/mol. The normalized spacial score (nSPS) is 10.2. The first-order valence-corrected chi connectivity index (χ1v) is 7.76. The number of hydrogen-bond donors (Lipinski definition) is 1. The van der Waals surface area contributed by atoms with Crippen LogP contribution in [0.25, 0.3) is 0 Å². The first-order chi connectivity index (χ1) is 11.5. The van der Waals surface area contributed by atoms with E-state index in [4.69, 9.17) is 4.74 Å². The van der Waals surface area contributed by atoms with E-state index < -0.39 is 0 Å². The zero-order valence-electron chi connectivity index (χ0n) is 13.7. The second-order valence-electron chi connectivity index (χ2n) is 5.39. The Bertz CT molecular complexity index is 778. The lowest BCUT2D eigenvalue weighted by atomic mass is 10.2. The Hall–Kier alpha value is -2.89. The van der Waals surface area contributed by atoms with Crippen molar-refractivity contribution in [2.24, 2.45) is 7.05 Å². The zero-order chi connectivity index (χ0) is 17.5. The van der Waals surface area contributed by atoms with Gasteiger partial charge in [0.2, 0.25) is 0 Å². The van der Waals surface area contributed by atoms with Gasteiger partial charge in [-0.1, -0.05) is 13.3 Å². The molecule has 1 aromatic heterocycles. The van der Waals surface area contributed by atoms with Gasteiger partial charge in [-0.3, -0.25) is 9.59 Å². The fraction of sp³-hybridized carbons (Fsp3) is 0.278. The third-order valence-electron chi connectivity index (χ3n) is 3.48.